The maximum atomic E-state index is 12.8. The number of ether oxygens (including phenoxy) is 1. The van der Waals surface area contributed by atoms with E-state index in [4.69, 9.17) is 4.74 Å². The van der Waals surface area contributed by atoms with E-state index in [1.165, 1.54) is 0 Å². The number of hydrogen-bond donors (Lipinski definition) is 1. The van der Waals surface area contributed by atoms with Gasteiger partial charge >= 0.3 is 0 Å². The minimum absolute atomic E-state index is 0.0887. The van der Waals surface area contributed by atoms with Crippen molar-refractivity contribution in [3.63, 3.8) is 0 Å². The van der Waals surface area contributed by atoms with Crippen LogP contribution in [0.1, 0.15) is 28.4 Å². The average Bonchev–Trinajstić information content (AvgIpc) is 2.50. The van der Waals surface area contributed by atoms with Gasteiger partial charge in [0.2, 0.25) is 0 Å². The second-order valence-electron chi connectivity index (χ2n) is 5.90. The summed E-state index contributed by atoms with van der Waals surface area (Å²) in [5.41, 5.74) is 2.88. The molecule has 22 heavy (non-hydrogen) atoms. The highest BCUT2D eigenvalue weighted by atomic mass is 32.2. The summed E-state index contributed by atoms with van der Waals surface area (Å²) in [6, 6.07) is 1.84. The van der Waals surface area contributed by atoms with Gasteiger partial charge in [0.25, 0.3) is 0 Å². The third-order valence-corrected chi connectivity index (χ3v) is 5.66. The smallest absolute Gasteiger partial charge is 0.172 e. The van der Waals surface area contributed by atoms with Crippen LogP contribution in [-0.4, -0.2) is 28.9 Å². The summed E-state index contributed by atoms with van der Waals surface area (Å²) >= 11 is 1.75. The summed E-state index contributed by atoms with van der Waals surface area (Å²) in [6.45, 7) is 5.95. The van der Waals surface area contributed by atoms with E-state index < -0.39 is 6.10 Å². The van der Waals surface area contributed by atoms with E-state index in [1.807, 2.05) is 38.1 Å². The first kappa shape index (κ1) is 15.4. The van der Waals surface area contributed by atoms with Gasteiger partial charge in [-0.15, -0.1) is 11.8 Å². The molecule has 1 heterocycles. The van der Waals surface area contributed by atoms with Crippen molar-refractivity contribution in [3.8, 4) is 5.75 Å². The van der Waals surface area contributed by atoms with Crippen molar-refractivity contribution in [2.45, 2.75) is 37.0 Å². The topological polar surface area (TPSA) is 46.5 Å². The fourth-order valence-corrected chi connectivity index (χ4v) is 4.23. The molecule has 2 aliphatic rings. The molecule has 1 aliphatic heterocycles. The third-order valence-electron chi connectivity index (χ3n) is 4.18. The number of rotatable bonds is 3. The Bertz CT molecular complexity index is 673. The van der Waals surface area contributed by atoms with Gasteiger partial charge in [0, 0.05) is 15.7 Å². The summed E-state index contributed by atoms with van der Waals surface area (Å²) in [7, 11) is 0. The summed E-state index contributed by atoms with van der Waals surface area (Å²) in [5, 5.41) is 9.59. The van der Waals surface area contributed by atoms with Crippen molar-refractivity contribution in [1.82, 2.24) is 0 Å². The van der Waals surface area contributed by atoms with Gasteiger partial charge in [0.15, 0.2) is 5.78 Å². The zero-order valence-electron chi connectivity index (χ0n) is 13.0. The van der Waals surface area contributed by atoms with Crippen molar-refractivity contribution in [2.75, 3.05) is 6.61 Å². The molecule has 1 N–H and O–H groups in total. The number of thioether (sulfide) groups is 1. The van der Waals surface area contributed by atoms with Crippen molar-refractivity contribution in [1.29, 1.82) is 0 Å². The van der Waals surface area contributed by atoms with E-state index in [2.05, 4.69) is 6.08 Å². The van der Waals surface area contributed by atoms with Crippen LogP contribution in [0.3, 0.4) is 0 Å². The van der Waals surface area contributed by atoms with Crippen LogP contribution in [0.2, 0.25) is 0 Å². The van der Waals surface area contributed by atoms with Crippen molar-refractivity contribution in [2.24, 2.45) is 5.92 Å². The number of benzene rings is 1. The van der Waals surface area contributed by atoms with Crippen LogP contribution in [-0.2, 0) is 0 Å². The van der Waals surface area contributed by atoms with E-state index in [9.17, 15) is 9.90 Å². The van der Waals surface area contributed by atoms with Crippen molar-refractivity contribution < 1.29 is 14.6 Å². The first-order valence-electron chi connectivity index (χ1n) is 7.50. The molecule has 3 unspecified atom stereocenters. The van der Waals surface area contributed by atoms with Crippen LogP contribution in [0.5, 0.6) is 5.75 Å². The average molecular weight is 316 g/mol. The second-order valence-corrected chi connectivity index (χ2v) is 7.09. The van der Waals surface area contributed by atoms with Crippen LogP contribution in [0, 0.1) is 19.8 Å². The van der Waals surface area contributed by atoms with E-state index >= 15 is 0 Å². The highest BCUT2D eigenvalue weighted by Gasteiger charge is 2.35. The quantitative estimate of drug-likeness (QED) is 0.927. The van der Waals surface area contributed by atoms with Gasteiger partial charge in [0.1, 0.15) is 12.4 Å². The number of aliphatic hydroxyl groups is 1. The first-order valence-corrected chi connectivity index (χ1v) is 8.38. The monoisotopic (exact) mass is 316 g/mol. The highest BCUT2D eigenvalue weighted by Crippen LogP contribution is 2.45. The number of aliphatic hydroxyl groups excluding tert-OH is 1. The molecule has 0 bridgehead atoms. The van der Waals surface area contributed by atoms with Crippen LogP contribution in [0.15, 0.2) is 35.3 Å². The highest BCUT2D eigenvalue weighted by molar-refractivity contribution is 8.00. The Balaban J connectivity index is 2.03. The predicted molar refractivity (Wildman–Crippen MR) is 88.8 cm³/mol. The molecule has 0 fully saturated rings. The summed E-state index contributed by atoms with van der Waals surface area (Å²) < 4.78 is 5.69. The number of fused-ring (bicyclic) bond motifs is 2. The molecule has 0 saturated heterocycles. The largest absolute Gasteiger partial charge is 0.491 e. The van der Waals surface area contributed by atoms with Crippen molar-refractivity contribution >= 4 is 17.5 Å². The van der Waals surface area contributed by atoms with Crippen LogP contribution in [0.4, 0.5) is 0 Å². The van der Waals surface area contributed by atoms with Crippen LogP contribution >= 0.6 is 11.8 Å². The molecule has 1 aromatic carbocycles. The van der Waals surface area contributed by atoms with Gasteiger partial charge in [-0.3, -0.25) is 4.79 Å². The van der Waals surface area contributed by atoms with Gasteiger partial charge in [0.05, 0.1) is 12.0 Å². The minimum Gasteiger partial charge on any atom is -0.491 e. The van der Waals surface area contributed by atoms with Gasteiger partial charge in [-0.2, -0.15) is 0 Å². The number of Topliss-reactive ketones (excluding diaryl/α,β-unsaturated/α-hetero) is 1. The lowest BCUT2D eigenvalue weighted by atomic mass is 9.89. The Morgan fingerprint density at radius 3 is 2.73 bits per heavy atom. The molecule has 0 amide bonds. The third kappa shape index (κ3) is 2.61. The normalized spacial score (nSPS) is 23.9. The van der Waals surface area contributed by atoms with E-state index in [1.54, 1.807) is 18.7 Å². The van der Waals surface area contributed by atoms with Gasteiger partial charge in [-0.05, 0) is 38.0 Å². The van der Waals surface area contributed by atoms with Crippen LogP contribution in [0.25, 0.3) is 0 Å². The molecule has 0 spiro atoms. The Kier molecular flexibility index (Phi) is 4.15. The van der Waals surface area contributed by atoms with Gasteiger partial charge in [-0.1, -0.05) is 24.3 Å². The lowest BCUT2D eigenvalue weighted by Crippen LogP contribution is -2.29. The molecule has 4 heteroatoms. The molecule has 0 radical (unpaired) electrons. The fourth-order valence-electron chi connectivity index (χ4n) is 2.81. The summed E-state index contributed by atoms with van der Waals surface area (Å²) in [5.74, 6) is 0.762. The Labute approximate surface area is 135 Å². The Morgan fingerprint density at radius 1 is 1.27 bits per heavy atom. The van der Waals surface area contributed by atoms with E-state index in [0.29, 0.717) is 5.75 Å². The summed E-state index contributed by atoms with van der Waals surface area (Å²) in [4.78, 5) is 13.9. The summed E-state index contributed by atoms with van der Waals surface area (Å²) in [6.07, 6.45) is 7.50. The number of ketones is 1. The maximum Gasteiger partial charge on any atom is 0.172 e. The molecule has 116 valence electrons. The molecule has 0 saturated carbocycles. The molecule has 3 atom stereocenters. The van der Waals surface area contributed by atoms with E-state index in [0.717, 1.165) is 21.6 Å². The molecule has 0 aromatic heterocycles. The zero-order chi connectivity index (χ0) is 15.9. The number of carbonyl (C=O) groups excluding carboxylic acids is 1. The molecular weight excluding hydrogens is 296 g/mol. The predicted octanol–water partition coefficient (Wildman–Crippen LogP) is 3.46. The zero-order valence-corrected chi connectivity index (χ0v) is 13.8. The lowest BCUT2D eigenvalue weighted by Gasteiger charge is -2.31. The molecule has 3 nitrogen and oxygen atoms in total. The molecule has 1 aromatic rings. The first-order chi connectivity index (χ1) is 10.5. The molecule has 1 aliphatic carbocycles. The van der Waals surface area contributed by atoms with Gasteiger partial charge < -0.3 is 9.84 Å². The van der Waals surface area contributed by atoms with E-state index in [-0.39, 0.29) is 23.6 Å². The maximum absolute atomic E-state index is 12.8. The van der Waals surface area contributed by atoms with Crippen LogP contribution < -0.4 is 4.74 Å². The molecular formula is C18H20O3S. The number of hydrogen-bond acceptors (Lipinski definition) is 4. The lowest BCUT2D eigenvalue weighted by molar-refractivity contribution is 0.0940. The Morgan fingerprint density at radius 2 is 2.00 bits per heavy atom. The van der Waals surface area contributed by atoms with Crippen molar-refractivity contribution in [3.05, 3.63) is 47.1 Å². The minimum atomic E-state index is -0.531. The second kappa shape index (κ2) is 5.94. The number of allylic oxidation sites excluding steroid dienone is 3. The Hall–Kier alpha value is -1.52. The fraction of sp³-hybridized carbons (Fsp3) is 0.389. The number of carbonyl (C=O) groups is 1. The standard InChI is InChI=1S/C18H20O3S/c1-10(19)9-21-15-8-14-17(20)13-6-4-5-7-16(13)22-18(14)12(3)11(15)2/h4-8,10,13,16,19H,9H2,1-3H3. The molecule has 3 rings (SSSR count). The van der Waals surface area contributed by atoms with Gasteiger partial charge in [-0.25, -0.2) is 0 Å². The SMILES string of the molecule is Cc1c(OCC(C)O)cc2c(c1C)SC1C=CC=CC1C2=O.